The van der Waals surface area contributed by atoms with Crippen molar-refractivity contribution >= 4 is 23.1 Å². The SMILES string of the molecule is Cc1cc(OCC(C)C)ccc1C(O)=C1C(=O)C(=O)N(Cc2cccnc2)[C@H]1c1cccc([N+](=O)[O-])c1. The molecule has 1 aliphatic heterocycles. The Morgan fingerprint density at radius 3 is 2.59 bits per heavy atom. The smallest absolute Gasteiger partial charge is 0.295 e. The highest BCUT2D eigenvalue weighted by atomic mass is 16.6. The maximum Gasteiger partial charge on any atom is 0.295 e. The van der Waals surface area contributed by atoms with Crippen LogP contribution in [0.4, 0.5) is 5.69 Å². The molecule has 3 aromatic rings. The summed E-state index contributed by atoms with van der Waals surface area (Å²) in [6.07, 6.45) is 3.16. The van der Waals surface area contributed by atoms with Gasteiger partial charge in [0.1, 0.15) is 11.5 Å². The predicted molar refractivity (Wildman–Crippen MR) is 137 cm³/mol. The molecule has 0 saturated carbocycles. The Bertz CT molecular complexity index is 1380. The van der Waals surface area contributed by atoms with E-state index in [0.717, 1.165) is 0 Å². The van der Waals surface area contributed by atoms with Gasteiger partial charge in [-0.15, -0.1) is 0 Å². The Balaban J connectivity index is 1.83. The van der Waals surface area contributed by atoms with E-state index in [4.69, 9.17) is 4.74 Å². The van der Waals surface area contributed by atoms with Gasteiger partial charge in [0.25, 0.3) is 17.4 Å². The van der Waals surface area contributed by atoms with Crippen molar-refractivity contribution in [3.05, 3.63) is 105 Å². The fraction of sp³-hybridized carbons (Fsp3) is 0.250. The van der Waals surface area contributed by atoms with Gasteiger partial charge in [0, 0.05) is 36.6 Å². The van der Waals surface area contributed by atoms with Gasteiger partial charge in [0.05, 0.1) is 23.1 Å². The summed E-state index contributed by atoms with van der Waals surface area (Å²) in [6.45, 7) is 6.39. The standard InChI is InChI=1S/C28H27N3O6/c1-17(2)16-37-22-9-10-23(18(3)12-22)26(32)24-25(20-7-4-8-21(13-20)31(35)36)30(28(34)27(24)33)15-19-6-5-11-29-14-19/h4-14,17,25,32H,15-16H2,1-3H3/t25-/m0/s1. The van der Waals surface area contributed by atoms with Gasteiger partial charge < -0.3 is 14.7 Å². The molecule has 2 aromatic carbocycles. The van der Waals surface area contributed by atoms with Gasteiger partial charge in [-0.2, -0.15) is 0 Å². The number of hydrogen-bond acceptors (Lipinski definition) is 7. The third-order valence-corrected chi connectivity index (χ3v) is 6.05. The summed E-state index contributed by atoms with van der Waals surface area (Å²) in [5.41, 5.74) is 1.71. The fourth-order valence-electron chi connectivity index (χ4n) is 4.29. The summed E-state index contributed by atoms with van der Waals surface area (Å²) >= 11 is 0. The maximum atomic E-state index is 13.3. The number of pyridine rings is 1. The molecule has 1 aromatic heterocycles. The Kier molecular flexibility index (Phi) is 7.33. The molecule has 0 unspecified atom stereocenters. The lowest BCUT2D eigenvalue weighted by Crippen LogP contribution is -2.29. The molecule has 1 saturated heterocycles. The minimum Gasteiger partial charge on any atom is -0.507 e. The van der Waals surface area contributed by atoms with Crippen molar-refractivity contribution < 1.29 is 24.4 Å². The molecule has 1 N–H and O–H groups in total. The highest BCUT2D eigenvalue weighted by Crippen LogP contribution is 2.41. The van der Waals surface area contributed by atoms with Crippen molar-refractivity contribution in [1.29, 1.82) is 0 Å². The fourth-order valence-corrected chi connectivity index (χ4v) is 4.29. The number of nitro groups is 1. The summed E-state index contributed by atoms with van der Waals surface area (Å²) in [7, 11) is 0. The summed E-state index contributed by atoms with van der Waals surface area (Å²) in [6, 6.07) is 13.3. The number of likely N-dealkylation sites (tertiary alicyclic amines) is 1. The van der Waals surface area contributed by atoms with Crippen LogP contribution in [-0.4, -0.2) is 38.2 Å². The third-order valence-electron chi connectivity index (χ3n) is 6.05. The van der Waals surface area contributed by atoms with Crippen LogP contribution in [0.5, 0.6) is 5.75 Å². The molecule has 0 bridgehead atoms. The first-order valence-corrected chi connectivity index (χ1v) is 11.8. The number of aromatic nitrogens is 1. The number of Topliss-reactive ketones (excluding diaryl/α,β-unsaturated/α-hetero) is 1. The molecule has 37 heavy (non-hydrogen) atoms. The number of nitro benzene ring substituents is 1. The number of carbonyl (C=O) groups is 2. The first-order chi connectivity index (χ1) is 17.7. The van der Waals surface area contributed by atoms with E-state index in [9.17, 15) is 24.8 Å². The lowest BCUT2D eigenvalue weighted by molar-refractivity contribution is -0.384. The number of ether oxygens (including phenoxy) is 1. The van der Waals surface area contributed by atoms with Gasteiger partial charge in [-0.05, 0) is 53.8 Å². The zero-order valence-electron chi connectivity index (χ0n) is 20.7. The van der Waals surface area contributed by atoms with Gasteiger partial charge in [0.15, 0.2) is 0 Å². The van der Waals surface area contributed by atoms with Crippen LogP contribution in [0, 0.1) is 23.0 Å². The van der Waals surface area contributed by atoms with Gasteiger partial charge in [-0.25, -0.2) is 0 Å². The molecule has 9 nitrogen and oxygen atoms in total. The van der Waals surface area contributed by atoms with Crippen LogP contribution in [0.1, 0.15) is 42.1 Å². The topological polar surface area (TPSA) is 123 Å². The number of rotatable bonds is 8. The highest BCUT2D eigenvalue weighted by Gasteiger charge is 2.46. The molecular weight excluding hydrogens is 474 g/mol. The first kappa shape index (κ1) is 25.6. The normalized spacial score (nSPS) is 16.9. The Hall–Kier alpha value is -4.53. The molecule has 0 spiro atoms. The minimum absolute atomic E-state index is 0.0313. The van der Waals surface area contributed by atoms with E-state index in [1.807, 2.05) is 13.8 Å². The highest BCUT2D eigenvalue weighted by molar-refractivity contribution is 6.46. The number of amides is 1. The molecule has 1 atom stereocenters. The average molecular weight is 502 g/mol. The van der Waals surface area contributed by atoms with E-state index in [0.29, 0.717) is 40.5 Å². The molecule has 9 heteroatoms. The number of nitrogens with zero attached hydrogens (tertiary/aromatic N) is 3. The van der Waals surface area contributed by atoms with E-state index in [2.05, 4.69) is 4.98 Å². The maximum absolute atomic E-state index is 13.3. The zero-order chi connectivity index (χ0) is 26.7. The monoisotopic (exact) mass is 501 g/mol. The number of hydrogen-bond donors (Lipinski definition) is 1. The molecule has 0 radical (unpaired) electrons. The van der Waals surface area contributed by atoms with Crippen LogP contribution in [0.25, 0.3) is 5.76 Å². The number of aliphatic hydroxyl groups excluding tert-OH is 1. The average Bonchev–Trinajstić information content (AvgIpc) is 3.12. The molecule has 4 rings (SSSR count). The Morgan fingerprint density at radius 1 is 1.16 bits per heavy atom. The second-order valence-corrected chi connectivity index (χ2v) is 9.32. The van der Waals surface area contributed by atoms with Gasteiger partial charge in [0.2, 0.25) is 0 Å². The Labute approximate surface area is 214 Å². The van der Waals surface area contributed by atoms with Crippen LogP contribution in [0.15, 0.2) is 72.6 Å². The number of aryl methyl sites for hydroxylation is 1. The van der Waals surface area contributed by atoms with E-state index in [-0.39, 0.29) is 23.6 Å². The number of carbonyl (C=O) groups excluding carboxylic acids is 2. The van der Waals surface area contributed by atoms with Crippen LogP contribution >= 0.6 is 0 Å². The zero-order valence-corrected chi connectivity index (χ0v) is 20.7. The molecule has 0 aliphatic carbocycles. The van der Waals surface area contributed by atoms with Gasteiger partial charge >= 0.3 is 0 Å². The lowest BCUT2D eigenvalue weighted by Gasteiger charge is -2.25. The van der Waals surface area contributed by atoms with E-state index in [1.165, 1.54) is 23.1 Å². The second-order valence-electron chi connectivity index (χ2n) is 9.32. The largest absolute Gasteiger partial charge is 0.507 e. The number of ketones is 1. The van der Waals surface area contributed by atoms with E-state index >= 15 is 0 Å². The number of benzene rings is 2. The van der Waals surface area contributed by atoms with Crippen molar-refractivity contribution in [3.63, 3.8) is 0 Å². The predicted octanol–water partition coefficient (Wildman–Crippen LogP) is 4.95. The molecule has 1 aliphatic rings. The number of aliphatic hydroxyl groups is 1. The third kappa shape index (κ3) is 5.35. The first-order valence-electron chi connectivity index (χ1n) is 11.8. The van der Waals surface area contributed by atoms with Crippen LogP contribution in [-0.2, 0) is 16.1 Å². The molecule has 2 heterocycles. The van der Waals surface area contributed by atoms with Gasteiger partial charge in [-0.3, -0.25) is 24.7 Å². The van der Waals surface area contributed by atoms with Crippen LogP contribution in [0.2, 0.25) is 0 Å². The molecule has 1 amide bonds. The van der Waals surface area contributed by atoms with Crippen molar-refractivity contribution in [2.75, 3.05) is 6.61 Å². The summed E-state index contributed by atoms with van der Waals surface area (Å²) in [5.74, 6) is -1.07. The minimum atomic E-state index is -1.03. The van der Waals surface area contributed by atoms with E-state index < -0.39 is 22.7 Å². The molecule has 1 fully saturated rings. The van der Waals surface area contributed by atoms with Gasteiger partial charge in [-0.1, -0.05) is 32.0 Å². The molecule has 190 valence electrons. The van der Waals surface area contributed by atoms with Crippen molar-refractivity contribution in [3.8, 4) is 5.75 Å². The summed E-state index contributed by atoms with van der Waals surface area (Å²) < 4.78 is 5.76. The van der Waals surface area contributed by atoms with Crippen molar-refractivity contribution in [1.82, 2.24) is 9.88 Å². The quantitative estimate of drug-likeness (QED) is 0.152. The summed E-state index contributed by atoms with van der Waals surface area (Å²) in [5, 5.41) is 22.8. The molecular formula is C28H27N3O6. The van der Waals surface area contributed by atoms with Crippen molar-refractivity contribution in [2.45, 2.75) is 33.4 Å². The van der Waals surface area contributed by atoms with E-state index in [1.54, 1.807) is 55.7 Å². The van der Waals surface area contributed by atoms with Crippen LogP contribution < -0.4 is 4.74 Å². The summed E-state index contributed by atoms with van der Waals surface area (Å²) in [4.78, 5) is 42.8. The number of non-ortho nitro benzene ring substituents is 1. The second kappa shape index (κ2) is 10.6. The lowest BCUT2D eigenvalue weighted by atomic mass is 9.93. The Morgan fingerprint density at radius 2 is 1.95 bits per heavy atom. The van der Waals surface area contributed by atoms with Crippen LogP contribution in [0.3, 0.4) is 0 Å². The van der Waals surface area contributed by atoms with Crippen molar-refractivity contribution in [2.24, 2.45) is 5.92 Å².